The number of hydrogen-bond donors (Lipinski definition) is 1. The highest BCUT2D eigenvalue weighted by Gasteiger charge is 2.39. The van der Waals surface area contributed by atoms with Gasteiger partial charge in [-0.25, -0.2) is 9.59 Å². The number of amides is 3. The van der Waals surface area contributed by atoms with Gasteiger partial charge in [-0.15, -0.1) is 0 Å². The normalized spacial score (nSPS) is 20.1. The summed E-state index contributed by atoms with van der Waals surface area (Å²) in [5, 5.41) is 3.54. The maximum Gasteiger partial charge on any atom is 0.338 e. The lowest BCUT2D eigenvalue weighted by Crippen LogP contribution is -2.56. The highest BCUT2D eigenvalue weighted by molar-refractivity contribution is 6.30. The molecular weight excluding hydrogens is 520 g/mol. The first-order chi connectivity index (χ1) is 18.8. The molecule has 2 heterocycles. The number of carbonyl (C=O) groups excluding carboxylic acids is 3. The highest BCUT2D eigenvalue weighted by atomic mass is 35.5. The molecule has 4 rings (SSSR count). The van der Waals surface area contributed by atoms with Crippen LogP contribution >= 0.6 is 11.6 Å². The molecule has 3 amide bonds. The number of hydrogen-bond acceptors (Lipinski definition) is 6. The molecule has 0 aliphatic carbocycles. The molecule has 2 aromatic carbocycles. The Labute approximate surface area is 234 Å². The van der Waals surface area contributed by atoms with Crippen LogP contribution in [-0.4, -0.2) is 85.1 Å². The van der Waals surface area contributed by atoms with Crippen LogP contribution in [0.1, 0.15) is 42.7 Å². The number of methoxy groups -OCH3 is 1. The number of halogens is 1. The number of urea groups is 1. The van der Waals surface area contributed by atoms with Crippen molar-refractivity contribution >= 4 is 29.5 Å². The van der Waals surface area contributed by atoms with E-state index >= 15 is 0 Å². The van der Waals surface area contributed by atoms with Crippen LogP contribution in [-0.2, 0) is 9.53 Å². The summed E-state index contributed by atoms with van der Waals surface area (Å²) in [7, 11) is 1.59. The number of ether oxygens (including phenoxy) is 2. The van der Waals surface area contributed by atoms with Crippen molar-refractivity contribution in [3.05, 3.63) is 76.0 Å². The molecule has 0 radical (unpaired) electrons. The monoisotopic (exact) mass is 554 g/mol. The largest absolute Gasteiger partial charge is 0.497 e. The number of carbonyl (C=O) groups is 3. The fraction of sp³-hybridized carbons (Fsp3) is 0.414. The lowest BCUT2D eigenvalue weighted by Gasteiger charge is -2.43. The van der Waals surface area contributed by atoms with Crippen molar-refractivity contribution in [2.75, 3.05) is 46.4 Å². The smallest absolute Gasteiger partial charge is 0.338 e. The van der Waals surface area contributed by atoms with Gasteiger partial charge in [-0.05, 0) is 62.7 Å². The predicted octanol–water partition coefficient (Wildman–Crippen LogP) is 4.10. The maximum atomic E-state index is 13.3. The molecule has 0 spiro atoms. The van der Waals surface area contributed by atoms with Gasteiger partial charge in [0.15, 0.2) is 0 Å². The Morgan fingerprint density at radius 3 is 2.33 bits per heavy atom. The summed E-state index contributed by atoms with van der Waals surface area (Å²) in [6.45, 7) is 8.32. The van der Waals surface area contributed by atoms with Gasteiger partial charge >= 0.3 is 12.0 Å². The Kier molecular flexibility index (Phi) is 9.14. The van der Waals surface area contributed by atoms with E-state index in [4.69, 9.17) is 21.1 Å². The zero-order valence-electron chi connectivity index (χ0n) is 22.8. The number of piperazine rings is 1. The van der Waals surface area contributed by atoms with Crippen molar-refractivity contribution in [3.8, 4) is 5.75 Å². The number of nitrogens with one attached hydrogen (secondary N) is 1. The van der Waals surface area contributed by atoms with Gasteiger partial charge in [-0.2, -0.15) is 0 Å². The Morgan fingerprint density at radius 2 is 1.74 bits per heavy atom. The second-order valence-electron chi connectivity index (χ2n) is 9.57. The van der Waals surface area contributed by atoms with Gasteiger partial charge in [0.25, 0.3) is 5.91 Å². The van der Waals surface area contributed by atoms with E-state index in [9.17, 15) is 14.4 Å². The van der Waals surface area contributed by atoms with Crippen LogP contribution in [0.5, 0.6) is 5.75 Å². The molecule has 39 heavy (non-hydrogen) atoms. The maximum absolute atomic E-state index is 13.3. The zero-order valence-corrected chi connectivity index (χ0v) is 23.5. The van der Waals surface area contributed by atoms with Crippen LogP contribution in [0.2, 0.25) is 5.02 Å². The van der Waals surface area contributed by atoms with Crippen molar-refractivity contribution < 1.29 is 23.9 Å². The van der Waals surface area contributed by atoms with Gasteiger partial charge < -0.3 is 19.7 Å². The quantitative estimate of drug-likeness (QED) is 0.494. The van der Waals surface area contributed by atoms with E-state index in [-0.39, 0.29) is 24.6 Å². The number of rotatable bonds is 8. The van der Waals surface area contributed by atoms with Crippen LogP contribution < -0.4 is 10.1 Å². The first kappa shape index (κ1) is 28.4. The van der Waals surface area contributed by atoms with Crippen molar-refractivity contribution in [1.82, 2.24) is 20.0 Å². The molecule has 0 saturated carbocycles. The first-order valence-corrected chi connectivity index (χ1v) is 13.6. The fourth-order valence-corrected chi connectivity index (χ4v) is 5.28. The second kappa shape index (κ2) is 12.5. The van der Waals surface area contributed by atoms with Gasteiger partial charge in [0.05, 0.1) is 25.3 Å². The van der Waals surface area contributed by atoms with Crippen LogP contribution in [0.3, 0.4) is 0 Å². The van der Waals surface area contributed by atoms with Gasteiger partial charge in [0.2, 0.25) is 0 Å². The second-order valence-corrected chi connectivity index (χ2v) is 10.0. The summed E-state index contributed by atoms with van der Waals surface area (Å²) < 4.78 is 10.7. The molecule has 9 nitrogen and oxygen atoms in total. The van der Waals surface area contributed by atoms with Gasteiger partial charge in [-0.1, -0.05) is 23.7 Å². The molecule has 0 bridgehead atoms. The van der Waals surface area contributed by atoms with Gasteiger partial charge in [0, 0.05) is 55.0 Å². The van der Waals surface area contributed by atoms with Crippen LogP contribution in [0, 0.1) is 0 Å². The van der Waals surface area contributed by atoms with Gasteiger partial charge in [0.1, 0.15) is 5.75 Å². The minimum atomic E-state index is -0.665. The van der Waals surface area contributed by atoms with E-state index in [0.717, 1.165) is 5.56 Å². The Bertz CT molecular complexity index is 1230. The average molecular weight is 555 g/mol. The number of esters is 1. The topological polar surface area (TPSA) is 91.4 Å². The van der Waals surface area contributed by atoms with Crippen molar-refractivity contribution in [3.63, 3.8) is 0 Å². The summed E-state index contributed by atoms with van der Waals surface area (Å²) in [6.07, 6.45) is 0. The van der Waals surface area contributed by atoms with Crippen LogP contribution in [0.4, 0.5) is 4.79 Å². The van der Waals surface area contributed by atoms with Crippen molar-refractivity contribution in [2.24, 2.45) is 0 Å². The van der Waals surface area contributed by atoms with E-state index < -0.39 is 12.0 Å². The van der Waals surface area contributed by atoms with Gasteiger partial charge in [-0.3, -0.25) is 14.6 Å². The van der Waals surface area contributed by atoms with E-state index in [1.165, 1.54) is 0 Å². The summed E-state index contributed by atoms with van der Waals surface area (Å²) >= 11 is 6.09. The van der Waals surface area contributed by atoms with E-state index in [1.807, 2.05) is 18.7 Å². The third kappa shape index (κ3) is 6.20. The molecule has 208 valence electrons. The van der Waals surface area contributed by atoms with E-state index in [0.29, 0.717) is 60.3 Å². The third-order valence-corrected chi connectivity index (χ3v) is 7.39. The Morgan fingerprint density at radius 1 is 1.05 bits per heavy atom. The molecule has 1 N–H and O–H groups in total. The molecule has 2 aliphatic heterocycles. The van der Waals surface area contributed by atoms with Crippen LogP contribution in [0.25, 0.3) is 0 Å². The summed E-state index contributed by atoms with van der Waals surface area (Å²) in [4.78, 5) is 45.3. The van der Waals surface area contributed by atoms with Crippen LogP contribution in [0.15, 0.2) is 59.8 Å². The third-order valence-electron chi connectivity index (χ3n) is 7.14. The molecule has 0 aromatic heterocycles. The first-order valence-electron chi connectivity index (χ1n) is 13.2. The molecular formula is C29H35ClN4O5. The Balaban J connectivity index is 1.60. The molecule has 2 aromatic rings. The number of benzene rings is 2. The zero-order chi connectivity index (χ0) is 28.1. The highest BCUT2D eigenvalue weighted by Crippen LogP contribution is 2.33. The summed E-state index contributed by atoms with van der Waals surface area (Å²) in [6, 6.07) is 13.2. The van der Waals surface area contributed by atoms with E-state index in [2.05, 4.69) is 10.2 Å². The number of likely N-dealkylation sites (N-methyl/N-ethyl adjacent to an activating group) is 1. The summed E-state index contributed by atoms with van der Waals surface area (Å²) in [5.41, 5.74) is 2.37. The molecule has 10 heteroatoms. The SMILES string of the molecule is CCOC(=O)C1=C(CN2CCN(C(=O)c3ccc(OC)cc3)[C@@H](C)C2)N(CC)C(=O)N[C@H]1c1ccc(Cl)cc1. The average Bonchev–Trinajstić information content (AvgIpc) is 2.93. The molecule has 1 fully saturated rings. The molecule has 1 saturated heterocycles. The Hall–Kier alpha value is -3.56. The predicted molar refractivity (Wildman–Crippen MR) is 149 cm³/mol. The lowest BCUT2D eigenvalue weighted by molar-refractivity contribution is -0.139. The lowest BCUT2D eigenvalue weighted by atomic mass is 9.94. The standard InChI is InChI=1S/C29H35ClN4O5/c1-5-33-24(25(28(36)39-6-2)26(31-29(33)37)20-7-11-22(30)12-8-20)18-32-15-16-34(19(3)17-32)27(35)21-9-13-23(38-4)14-10-21/h7-14,19,26H,5-6,15-18H2,1-4H3,(H,31,37)/t19-,26-/m0/s1. The molecule has 2 atom stereocenters. The van der Waals surface area contributed by atoms with E-state index in [1.54, 1.807) is 67.5 Å². The minimum absolute atomic E-state index is 0.0359. The van der Waals surface area contributed by atoms with Crippen molar-refractivity contribution in [1.29, 1.82) is 0 Å². The molecule has 0 unspecified atom stereocenters. The van der Waals surface area contributed by atoms with Crippen molar-refractivity contribution in [2.45, 2.75) is 32.9 Å². The fourth-order valence-electron chi connectivity index (χ4n) is 5.15. The number of nitrogens with zero attached hydrogens (tertiary/aromatic N) is 3. The minimum Gasteiger partial charge on any atom is -0.497 e. The molecule has 2 aliphatic rings. The summed E-state index contributed by atoms with van der Waals surface area (Å²) in [5.74, 6) is 0.197.